The zero-order valence-electron chi connectivity index (χ0n) is 16.5. The van der Waals surface area contributed by atoms with E-state index < -0.39 is 0 Å². The van der Waals surface area contributed by atoms with E-state index in [-0.39, 0.29) is 11.7 Å². The summed E-state index contributed by atoms with van der Waals surface area (Å²) in [6.07, 6.45) is 4.73. The second-order valence-electron chi connectivity index (χ2n) is 7.09. The number of piperazine rings is 1. The Morgan fingerprint density at radius 3 is 2.27 bits per heavy atom. The fraction of sp³-hybridized carbons (Fsp3) is 0.167. The lowest BCUT2D eigenvalue weighted by molar-refractivity contribution is -0.111. The summed E-state index contributed by atoms with van der Waals surface area (Å²) in [5.74, 6) is 0.345. The Kier molecular flexibility index (Phi) is 6.03. The van der Waals surface area contributed by atoms with Crippen molar-refractivity contribution in [2.45, 2.75) is 0 Å². The zero-order chi connectivity index (χ0) is 20.8. The van der Waals surface area contributed by atoms with Crippen molar-refractivity contribution < 1.29 is 9.18 Å². The molecule has 2 aromatic carbocycles. The molecule has 0 radical (unpaired) electrons. The van der Waals surface area contributed by atoms with Crippen LogP contribution in [0.5, 0.6) is 0 Å². The van der Waals surface area contributed by atoms with E-state index in [1.54, 1.807) is 24.4 Å². The minimum atomic E-state index is -0.302. The molecule has 0 bridgehead atoms. The van der Waals surface area contributed by atoms with Crippen molar-refractivity contribution >= 4 is 29.2 Å². The number of carbonyl (C=O) groups excluding carboxylic acids is 1. The molecular formula is C24H23FN4O. The van der Waals surface area contributed by atoms with Crippen LogP contribution in [0.4, 0.5) is 21.6 Å². The van der Waals surface area contributed by atoms with Gasteiger partial charge in [0.2, 0.25) is 5.91 Å². The highest BCUT2D eigenvalue weighted by Gasteiger charge is 2.18. The quantitative estimate of drug-likeness (QED) is 0.650. The van der Waals surface area contributed by atoms with Crippen molar-refractivity contribution in [2.75, 3.05) is 41.3 Å². The molecule has 0 saturated carbocycles. The number of nitrogens with zero attached hydrogens (tertiary/aromatic N) is 3. The van der Waals surface area contributed by atoms with Gasteiger partial charge in [0.15, 0.2) is 0 Å². The van der Waals surface area contributed by atoms with Gasteiger partial charge in [-0.1, -0.05) is 30.3 Å². The molecule has 3 aromatic rings. The number of anilines is 3. The van der Waals surface area contributed by atoms with Gasteiger partial charge in [0.25, 0.3) is 0 Å². The first-order chi connectivity index (χ1) is 14.7. The lowest BCUT2D eigenvalue weighted by Crippen LogP contribution is -2.46. The SMILES string of the molecule is O=C(/C=C/c1ccc(F)cc1)Nc1ccc(N2CCN(c3ccccc3)CC2)nc1. The van der Waals surface area contributed by atoms with E-state index in [0.717, 1.165) is 37.6 Å². The highest BCUT2D eigenvalue weighted by Crippen LogP contribution is 2.20. The van der Waals surface area contributed by atoms with Gasteiger partial charge < -0.3 is 15.1 Å². The van der Waals surface area contributed by atoms with E-state index in [1.165, 1.54) is 23.9 Å². The van der Waals surface area contributed by atoms with Crippen molar-refractivity contribution in [3.8, 4) is 0 Å². The summed E-state index contributed by atoms with van der Waals surface area (Å²) in [5, 5.41) is 2.79. The number of para-hydroxylation sites is 1. The molecule has 0 atom stereocenters. The Labute approximate surface area is 175 Å². The van der Waals surface area contributed by atoms with E-state index in [2.05, 4.69) is 44.4 Å². The number of rotatable bonds is 5. The van der Waals surface area contributed by atoms with E-state index in [0.29, 0.717) is 5.69 Å². The van der Waals surface area contributed by atoms with Crippen LogP contribution < -0.4 is 15.1 Å². The van der Waals surface area contributed by atoms with Crippen molar-refractivity contribution in [1.82, 2.24) is 4.98 Å². The van der Waals surface area contributed by atoms with Crippen LogP contribution in [0.1, 0.15) is 5.56 Å². The van der Waals surface area contributed by atoms with Gasteiger partial charge in [-0.25, -0.2) is 9.37 Å². The molecule has 0 aliphatic carbocycles. The minimum Gasteiger partial charge on any atom is -0.368 e. The van der Waals surface area contributed by atoms with Crippen molar-refractivity contribution in [2.24, 2.45) is 0 Å². The summed E-state index contributed by atoms with van der Waals surface area (Å²) in [6.45, 7) is 3.68. The third kappa shape index (κ3) is 5.03. The molecule has 1 saturated heterocycles. The summed E-state index contributed by atoms with van der Waals surface area (Å²) >= 11 is 0. The van der Waals surface area contributed by atoms with Gasteiger partial charge in [0.1, 0.15) is 11.6 Å². The molecule has 4 rings (SSSR count). The highest BCUT2D eigenvalue weighted by molar-refractivity contribution is 6.01. The van der Waals surface area contributed by atoms with Crippen molar-refractivity contribution in [3.63, 3.8) is 0 Å². The molecule has 6 heteroatoms. The Hall–Kier alpha value is -3.67. The Morgan fingerprint density at radius 2 is 1.60 bits per heavy atom. The molecule has 152 valence electrons. The highest BCUT2D eigenvalue weighted by atomic mass is 19.1. The number of amides is 1. The maximum atomic E-state index is 12.9. The number of halogens is 1. The fourth-order valence-corrected chi connectivity index (χ4v) is 3.41. The summed E-state index contributed by atoms with van der Waals surface area (Å²) in [5.41, 5.74) is 2.64. The molecule has 1 fully saturated rings. The number of carbonyl (C=O) groups is 1. The Bertz CT molecular complexity index is 996. The van der Waals surface area contributed by atoms with Crippen LogP contribution >= 0.6 is 0 Å². The predicted octanol–water partition coefficient (Wildman–Crippen LogP) is 4.20. The third-order valence-corrected chi connectivity index (χ3v) is 5.04. The van der Waals surface area contributed by atoms with Crippen LogP contribution in [0.2, 0.25) is 0 Å². The van der Waals surface area contributed by atoms with Gasteiger partial charge in [0.05, 0.1) is 11.9 Å². The van der Waals surface area contributed by atoms with Gasteiger partial charge in [-0.15, -0.1) is 0 Å². The van der Waals surface area contributed by atoms with Crippen LogP contribution in [0, 0.1) is 5.82 Å². The first-order valence-electron chi connectivity index (χ1n) is 9.93. The molecule has 1 aromatic heterocycles. The van der Waals surface area contributed by atoms with E-state index in [4.69, 9.17) is 0 Å². The molecule has 0 unspecified atom stereocenters. The maximum Gasteiger partial charge on any atom is 0.248 e. The first kappa shape index (κ1) is 19.6. The lowest BCUT2D eigenvalue weighted by Gasteiger charge is -2.36. The van der Waals surface area contributed by atoms with Crippen LogP contribution in [0.25, 0.3) is 6.08 Å². The van der Waals surface area contributed by atoms with Gasteiger partial charge in [-0.3, -0.25) is 4.79 Å². The lowest BCUT2D eigenvalue weighted by atomic mass is 10.2. The van der Waals surface area contributed by atoms with Gasteiger partial charge >= 0.3 is 0 Å². The summed E-state index contributed by atoms with van der Waals surface area (Å²) < 4.78 is 12.9. The molecular weight excluding hydrogens is 379 g/mol. The number of pyridine rings is 1. The predicted molar refractivity (Wildman–Crippen MR) is 119 cm³/mol. The van der Waals surface area contributed by atoms with Crippen LogP contribution in [-0.4, -0.2) is 37.1 Å². The van der Waals surface area contributed by atoms with E-state index in [1.807, 2.05) is 18.2 Å². The second-order valence-corrected chi connectivity index (χ2v) is 7.09. The van der Waals surface area contributed by atoms with Gasteiger partial charge in [-0.2, -0.15) is 0 Å². The second kappa shape index (κ2) is 9.22. The van der Waals surface area contributed by atoms with E-state index in [9.17, 15) is 9.18 Å². The van der Waals surface area contributed by atoms with Crippen LogP contribution in [0.3, 0.4) is 0 Å². The summed E-state index contributed by atoms with van der Waals surface area (Å²) in [6, 6.07) is 20.2. The number of hydrogen-bond donors (Lipinski definition) is 1. The normalized spacial score (nSPS) is 14.2. The Balaban J connectivity index is 1.30. The average molecular weight is 402 g/mol. The molecule has 30 heavy (non-hydrogen) atoms. The molecule has 5 nitrogen and oxygen atoms in total. The largest absolute Gasteiger partial charge is 0.368 e. The van der Waals surface area contributed by atoms with Gasteiger partial charge in [-0.05, 0) is 48.0 Å². The zero-order valence-corrected chi connectivity index (χ0v) is 16.5. The molecule has 1 amide bonds. The fourth-order valence-electron chi connectivity index (χ4n) is 3.41. The summed E-state index contributed by atoms with van der Waals surface area (Å²) in [4.78, 5) is 21.2. The Morgan fingerprint density at radius 1 is 0.900 bits per heavy atom. The molecule has 2 heterocycles. The molecule has 1 aliphatic heterocycles. The first-order valence-corrected chi connectivity index (χ1v) is 9.93. The average Bonchev–Trinajstić information content (AvgIpc) is 2.80. The minimum absolute atomic E-state index is 0.259. The van der Waals surface area contributed by atoms with Crippen LogP contribution in [-0.2, 0) is 4.79 Å². The number of nitrogens with one attached hydrogen (secondary N) is 1. The standard InChI is InChI=1S/C24H23FN4O/c25-20-9-6-19(7-10-20)8-13-24(30)27-21-11-12-23(26-18-21)29-16-14-28(15-17-29)22-4-2-1-3-5-22/h1-13,18H,14-17H2,(H,27,30)/b13-8+. The molecule has 1 aliphatic rings. The third-order valence-electron chi connectivity index (χ3n) is 5.04. The topological polar surface area (TPSA) is 48.5 Å². The summed E-state index contributed by atoms with van der Waals surface area (Å²) in [7, 11) is 0. The van der Waals surface area contributed by atoms with Crippen molar-refractivity contribution in [3.05, 3.63) is 90.4 Å². The maximum absolute atomic E-state index is 12.9. The molecule has 0 spiro atoms. The number of aromatic nitrogens is 1. The smallest absolute Gasteiger partial charge is 0.248 e. The number of benzene rings is 2. The van der Waals surface area contributed by atoms with Crippen LogP contribution in [0.15, 0.2) is 79.0 Å². The van der Waals surface area contributed by atoms with Gasteiger partial charge in [0, 0.05) is 37.9 Å². The monoisotopic (exact) mass is 402 g/mol. The van der Waals surface area contributed by atoms with Crippen molar-refractivity contribution in [1.29, 1.82) is 0 Å². The number of hydrogen-bond acceptors (Lipinski definition) is 4. The van der Waals surface area contributed by atoms with E-state index >= 15 is 0 Å². The molecule has 1 N–H and O–H groups in total.